The number of nitrogens with one attached hydrogen (secondary N) is 1. The van der Waals surface area contributed by atoms with Crippen LogP contribution in [0.4, 0.5) is 0 Å². The molecule has 1 saturated heterocycles. The van der Waals surface area contributed by atoms with Gasteiger partial charge in [0, 0.05) is 22.0 Å². The predicted octanol–water partition coefficient (Wildman–Crippen LogP) is 4.88. The van der Waals surface area contributed by atoms with Gasteiger partial charge in [-0.15, -0.1) is 11.3 Å². The molecule has 2 aliphatic rings. The summed E-state index contributed by atoms with van der Waals surface area (Å²) in [6.45, 7) is 0.927. The Balaban J connectivity index is 1.77. The van der Waals surface area contributed by atoms with Crippen LogP contribution >= 0.6 is 43.2 Å². The first-order chi connectivity index (χ1) is 9.13. The molecule has 2 nitrogen and oxygen atoms in total. The molecule has 1 aliphatic carbocycles. The van der Waals surface area contributed by atoms with E-state index in [2.05, 4.69) is 50.3 Å². The van der Waals surface area contributed by atoms with Crippen molar-refractivity contribution in [2.75, 3.05) is 13.7 Å². The molecule has 106 valence electrons. The third kappa shape index (κ3) is 2.82. The molecular formula is C14H19Br2NOS. The molecule has 19 heavy (non-hydrogen) atoms. The maximum atomic E-state index is 6.05. The summed E-state index contributed by atoms with van der Waals surface area (Å²) in [6, 6.07) is 2.70. The zero-order valence-corrected chi connectivity index (χ0v) is 15.0. The number of hydrogen-bond donors (Lipinski definition) is 1. The molecule has 2 atom stereocenters. The van der Waals surface area contributed by atoms with Crippen molar-refractivity contribution < 1.29 is 4.74 Å². The molecule has 1 aromatic heterocycles. The van der Waals surface area contributed by atoms with Crippen molar-refractivity contribution >= 4 is 43.2 Å². The Bertz CT molecular complexity index is 439. The highest BCUT2D eigenvalue weighted by atomic mass is 79.9. The van der Waals surface area contributed by atoms with Gasteiger partial charge in [0.25, 0.3) is 0 Å². The lowest BCUT2D eigenvalue weighted by molar-refractivity contribution is -0.147. The zero-order chi connectivity index (χ0) is 13.5. The van der Waals surface area contributed by atoms with E-state index in [9.17, 15) is 0 Å². The van der Waals surface area contributed by atoms with Crippen molar-refractivity contribution in [2.24, 2.45) is 5.92 Å². The lowest BCUT2D eigenvalue weighted by atomic mass is 9.70. The van der Waals surface area contributed by atoms with E-state index in [4.69, 9.17) is 4.74 Å². The van der Waals surface area contributed by atoms with Crippen molar-refractivity contribution in [3.8, 4) is 0 Å². The summed E-state index contributed by atoms with van der Waals surface area (Å²) >= 11 is 9.03. The van der Waals surface area contributed by atoms with Crippen molar-refractivity contribution in [1.29, 1.82) is 0 Å². The van der Waals surface area contributed by atoms with Crippen LogP contribution in [-0.4, -0.2) is 19.3 Å². The van der Waals surface area contributed by atoms with Crippen LogP contribution in [0.3, 0.4) is 0 Å². The second-order valence-electron chi connectivity index (χ2n) is 5.67. The third-order valence-electron chi connectivity index (χ3n) is 4.55. The summed E-state index contributed by atoms with van der Waals surface area (Å²) in [5, 5.41) is 3.53. The highest BCUT2D eigenvalue weighted by Crippen LogP contribution is 2.48. The Kier molecular flexibility index (Phi) is 4.40. The summed E-state index contributed by atoms with van der Waals surface area (Å²) in [5.41, 5.74) is 0.226. The van der Waals surface area contributed by atoms with Crippen LogP contribution in [0, 0.1) is 5.92 Å². The van der Waals surface area contributed by atoms with Crippen LogP contribution < -0.4 is 5.32 Å². The molecule has 2 heterocycles. The molecule has 2 unspecified atom stereocenters. The van der Waals surface area contributed by atoms with E-state index in [1.54, 1.807) is 0 Å². The van der Waals surface area contributed by atoms with Crippen LogP contribution in [0.15, 0.2) is 14.3 Å². The van der Waals surface area contributed by atoms with E-state index in [0.29, 0.717) is 12.0 Å². The number of ether oxygens (including phenoxy) is 1. The highest BCUT2D eigenvalue weighted by Gasteiger charge is 2.44. The molecular weight excluding hydrogens is 390 g/mol. The van der Waals surface area contributed by atoms with E-state index >= 15 is 0 Å². The van der Waals surface area contributed by atoms with Crippen LogP contribution in [0.1, 0.15) is 43.0 Å². The molecule has 1 N–H and O–H groups in total. The highest BCUT2D eigenvalue weighted by molar-refractivity contribution is 9.13. The first kappa shape index (κ1) is 14.5. The van der Waals surface area contributed by atoms with E-state index < -0.39 is 0 Å². The molecule has 5 heteroatoms. The van der Waals surface area contributed by atoms with E-state index in [1.165, 1.54) is 40.8 Å². The smallest absolute Gasteiger partial charge is 0.0843 e. The Morgan fingerprint density at radius 3 is 2.79 bits per heavy atom. The van der Waals surface area contributed by atoms with Crippen LogP contribution in [-0.2, 0) is 4.74 Å². The molecule has 1 aromatic rings. The van der Waals surface area contributed by atoms with Gasteiger partial charge in [-0.3, -0.25) is 0 Å². The average Bonchev–Trinajstić information content (AvgIpc) is 2.69. The molecule has 0 radical (unpaired) electrons. The van der Waals surface area contributed by atoms with E-state index in [0.717, 1.165) is 11.1 Å². The molecule has 0 amide bonds. The minimum absolute atomic E-state index is 0.226. The molecule has 1 saturated carbocycles. The Labute approximate surface area is 135 Å². The fraction of sp³-hybridized carbons (Fsp3) is 0.714. The topological polar surface area (TPSA) is 21.3 Å². The Morgan fingerprint density at radius 2 is 2.26 bits per heavy atom. The van der Waals surface area contributed by atoms with Gasteiger partial charge in [0.1, 0.15) is 0 Å². The zero-order valence-electron chi connectivity index (χ0n) is 11.0. The van der Waals surface area contributed by atoms with Gasteiger partial charge >= 0.3 is 0 Å². The molecule has 0 bridgehead atoms. The SMILES string of the molecule is CNC(c1cc(Br)c(Br)s1)C1CCOC2(CCC2)C1. The first-order valence-electron chi connectivity index (χ1n) is 6.89. The quantitative estimate of drug-likeness (QED) is 0.769. The molecule has 1 spiro atoms. The van der Waals surface area contributed by atoms with Gasteiger partial charge in [-0.2, -0.15) is 0 Å². The fourth-order valence-corrected chi connectivity index (χ4v) is 5.69. The van der Waals surface area contributed by atoms with E-state index in [1.807, 2.05) is 11.3 Å². The first-order valence-corrected chi connectivity index (χ1v) is 9.30. The molecule has 1 aliphatic heterocycles. The Morgan fingerprint density at radius 1 is 1.47 bits per heavy atom. The normalized spacial score (nSPS) is 27.2. The maximum Gasteiger partial charge on any atom is 0.0843 e. The van der Waals surface area contributed by atoms with Gasteiger partial charge in [0.15, 0.2) is 0 Å². The van der Waals surface area contributed by atoms with Gasteiger partial charge < -0.3 is 10.1 Å². The standard InChI is InChI=1S/C14H19Br2NOS/c1-17-12(11-7-10(15)13(16)19-11)9-3-6-18-14(8-9)4-2-5-14/h7,9,12,17H,2-6,8H2,1H3. The number of halogens is 2. The van der Waals surface area contributed by atoms with Crippen molar-refractivity contribution in [2.45, 2.75) is 43.7 Å². The van der Waals surface area contributed by atoms with Crippen molar-refractivity contribution in [3.05, 3.63) is 19.2 Å². The van der Waals surface area contributed by atoms with Gasteiger partial charge in [0.05, 0.1) is 9.39 Å². The van der Waals surface area contributed by atoms with Crippen molar-refractivity contribution in [3.63, 3.8) is 0 Å². The summed E-state index contributed by atoms with van der Waals surface area (Å²) in [7, 11) is 2.08. The van der Waals surface area contributed by atoms with Gasteiger partial charge in [-0.1, -0.05) is 0 Å². The van der Waals surface area contributed by atoms with Crippen molar-refractivity contribution in [1.82, 2.24) is 5.32 Å². The monoisotopic (exact) mass is 407 g/mol. The number of thiophene rings is 1. The lowest BCUT2D eigenvalue weighted by Crippen LogP contribution is -2.47. The van der Waals surface area contributed by atoms with Crippen LogP contribution in [0.5, 0.6) is 0 Å². The average molecular weight is 409 g/mol. The molecule has 0 aromatic carbocycles. The van der Waals surface area contributed by atoms with Crippen LogP contribution in [0.2, 0.25) is 0 Å². The van der Waals surface area contributed by atoms with Gasteiger partial charge in [0.2, 0.25) is 0 Å². The summed E-state index contributed by atoms with van der Waals surface area (Å²) in [4.78, 5) is 1.42. The second-order valence-corrected chi connectivity index (χ2v) is 8.93. The molecule has 3 rings (SSSR count). The summed E-state index contributed by atoms with van der Waals surface area (Å²) in [6.07, 6.45) is 6.24. The summed E-state index contributed by atoms with van der Waals surface area (Å²) < 4.78 is 8.40. The minimum Gasteiger partial charge on any atom is -0.375 e. The molecule has 2 fully saturated rings. The lowest BCUT2D eigenvalue weighted by Gasteiger charge is -2.48. The number of hydrogen-bond acceptors (Lipinski definition) is 3. The van der Waals surface area contributed by atoms with Gasteiger partial charge in [-0.25, -0.2) is 0 Å². The minimum atomic E-state index is 0.226. The maximum absolute atomic E-state index is 6.05. The second kappa shape index (κ2) is 5.76. The number of rotatable bonds is 3. The Hall–Kier alpha value is 0.580. The predicted molar refractivity (Wildman–Crippen MR) is 86.8 cm³/mol. The largest absolute Gasteiger partial charge is 0.375 e. The summed E-state index contributed by atoms with van der Waals surface area (Å²) in [5.74, 6) is 0.691. The van der Waals surface area contributed by atoms with E-state index in [-0.39, 0.29) is 5.60 Å². The van der Waals surface area contributed by atoms with Crippen LogP contribution in [0.25, 0.3) is 0 Å². The fourth-order valence-electron chi connectivity index (χ4n) is 3.40. The van der Waals surface area contributed by atoms with Gasteiger partial charge in [-0.05, 0) is 83.0 Å². The third-order valence-corrected chi connectivity index (χ3v) is 7.89.